The minimum atomic E-state index is -1.02. The van der Waals surface area contributed by atoms with Gasteiger partial charge in [0.15, 0.2) is 0 Å². The number of amides is 2. The van der Waals surface area contributed by atoms with Gasteiger partial charge in [-0.2, -0.15) is 0 Å². The van der Waals surface area contributed by atoms with E-state index in [1.807, 2.05) is 0 Å². The Kier molecular flexibility index (Phi) is 3.89. The second kappa shape index (κ2) is 5.67. The summed E-state index contributed by atoms with van der Waals surface area (Å²) in [6, 6.07) is 4.66. The third-order valence-corrected chi connectivity index (χ3v) is 4.42. The zero-order valence-electron chi connectivity index (χ0n) is 11.4. The molecule has 0 atom stereocenters. The first-order chi connectivity index (χ1) is 10.0. The van der Waals surface area contributed by atoms with E-state index in [9.17, 15) is 9.59 Å². The Morgan fingerprint density at radius 3 is 2.29 bits per heavy atom. The number of nitrogens with one attached hydrogen (secondary N) is 2. The molecule has 0 heterocycles. The molecule has 6 heteroatoms. The number of hydrogen-bond acceptors (Lipinski definition) is 2. The topological polar surface area (TPSA) is 78.4 Å². The Hall–Kier alpha value is -1.56. The molecule has 2 aliphatic carbocycles. The predicted molar refractivity (Wildman–Crippen MR) is 82.5 cm³/mol. The van der Waals surface area contributed by atoms with Crippen LogP contribution in [0.15, 0.2) is 22.7 Å². The van der Waals surface area contributed by atoms with Gasteiger partial charge in [0, 0.05) is 16.2 Å². The molecule has 5 nitrogen and oxygen atoms in total. The van der Waals surface area contributed by atoms with Crippen molar-refractivity contribution in [2.75, 3.05) is 5.32 Å². The van der Waals surface area contributed by atoms with Gasteiger partial charge in [-0.05, 0) is 55.7 Å². The molecule has 0 saturated heterocycles. The molecule has 0 unspecified atom stereocenters. The number of carbonyl (C=O) groups excluding carboxylic acids is 1. The van der Waals surface area contributed by atoms with Crippen LogP contribution in [-0.4, -0.2) is 23.1 Å². The summed E-state index contributed by atoms with van der Waals surface area (Å²) in [5.74, 6) is 0.231. The van der Waals surface area contributed by atoms with Gasteiger partial charge in [-0.25, -0.2) is 9.59 Å². The number of urea groups is 1. The van der Waals surface area contributed by atoms with E-state index < -0.39 is 5.97 Å². The largest absolute Gasteiger partial charge is 0.478 e. The van der Waals surface area contributed by atoms with Crippen molar-refractivity contribution in [3.63, 3.8) is 0 Å². The summed E-state index contributed by atoms with van der Waals surface area (Å²) in [6.07, 6.45) is 4.78. The molecule has 3 N–H and O–H groups in total. The molecule has 2 saturated carbocycles. The lowest BCUT2D eigenvalue weighted by molar-refractivity contribution is 0.0697. The second-order valence-electron chi connectivity index (χ2n) is 5.83. The van der Waals surface area contributed by atoms with Gasteiger partial charge in [0.25, 0.3) is 0 Å². The highest BCUT2D eigenvalue weighted by atomic mass is 79.9. The molecule has 0 spiro atoms. The lowest BCUT2D eigenvalue weighted by Crippen LogP contribution is -2.40. The Labute approximate surface area is 131 Å². The molecule has 0 aliphatic heterocycles. The van der Waals surface area contributed by atoms with E-state index in [1.54, 1.807) is 6.07 Å². The Morgan fingerprint density at radius 2 is 1.76 bits per heavy atom. The third-order valence-electron chi connectivity index (χ3n) is 3.96. The first-order valence-corrected chi connectivity index (χ1v) is 7.93. The summed E-state index contributed by atoms with van der Waals surface area (Å²) in [5, 5.41) is 14.8. The second-order valence-corrected chi connectivity index (χ2v) is 6.75. The Balaban J connectivity index is 1.65. The molecule has 0 bridgehead atoms. The zero-order valence-corrected chi connectivity index (χ0v) is 13.0. The molecule has 0 radical (unpaired) electrons. The van der Waals surface area contributed by atoms with E-state index in [0.29, 0.717) is 22.0 Å². The van der Waals surface area contributed by atoms with Crippen molar-refractivity contribution in [2.24, 2.45) is 11.8 Å². The smallest absolute Gasteiger partial charge is 0.335 e. The molecule has 21 heavy (non-hydrogen) atoms. The number of benzene rings is 1. The molecule has 2 fully saturated rings. The van der Waals surface area contributed by atoms with Gasteiger partial charge in [-0.15, -0.1) is 0 Å². The standard InChI is InChI=1S/C15H17BrN2O3/c16-11-5-10(14(19)20)6-12(7-11)17-15(21)18-13(8-1-2-8)9-3-4-9/h5-9,13H,1-4H2,(H,19,20)(H2,17,18,21). The van der Waals surface area contributed by atoms with Crippen LogP contribution in [0.4, 0.5) is 10.5 Å². The summed E-state index contributed by atoms with van der Waals surface area (Å²) >= 11 is 3.25. The fourth-order valence-electron chi connectivity index (χ4n) is 2.64. The van der Waals surface area contributed by atoms with Crippen molar-refractivity contribution in [1.82, 2.24) is 5.32 Å². The van der Waals surface area contributed by atoms with E-state index in [4.69, 9.17) is 5.11 Å². The molecule has 2 aliphatic rings. The number of carboxylic acid groups (broad SMARTS) is 1. The van der Waals surface area contributed by atoms with Crippen molar-refractivity contribution in [2.45, 2.75) is 31.7 Å². The fraction of sp³-hybridized carbons (Fsp3) is 0.467. The van der Waals surface area contributed by atoms with Crippen LogP contribution in [0.1, 0.15) is 36.0 Å². The summed E-state index contributed by atoms with van der Waals surface area (Å²) in [4.78, 5) is 23.1. The lowest BCUT2D eigenvalue weighted by atomic mass is 10.1. The maximum absolute atomic E-state index is 12.1. The molecule has 3 rings (SSSR count). The van der Waals surface area contributed by atoms with Crippen molar-refractivity contribution in [3.05, 3.63) is 28.2 Å². The van der Waals surface area contributed by atoms with E-state index in [1.165, 1.54) is 37.8 Å². The third kappa shape index (κ3) is 3.75. The van der Waals surface area contributed by atoms with Crippen LogP contribution in [0.25, 0.3) is 0 Å². The van der Waals surface area contributed by atoms with Gasteiger partial charge in [0.2, 0.25) is 0 Å². The highest BCUT2D eigenvalue weighted by Crippen LogP contribution is 2.44. The first kappa shape index (κ1) is 14.4. The molecular formula is C15H17BrN2O3. The number of aromatic carboxylic acids is 1. The van der Waals surface area contributed by atoms with Gasteiger partial charge < -0.3 is 15.7 Å². The molecule has 0 aromatic heterocycles. The van der Waals surface area contributed by atoms with Gasteiger partial charge in [0.05, 0.1) is 5.56 Å². The van der Waals surface area contributed by atoms with E-state index in [2.05, 4.69) is 26.6 Å². The number of carbonyl (C=O) groups is 2. The maximum Gasteiger partial charge on any atom is 0.335 e. The number of rotatable bonds is 5. The molecule has 1 aromatic rings. The lowest BCUT2D eigenvalue weighted by Gasteiger charge is -2.18. The molecular weight excluding hydrogens is 336 g/mol. The van der Waals surface area contributed by atoms with Gasteiger partial charge in [0.1, 0.15) is 0 Å². The Morgan fingerprint density at radius 1 is 1.14 bits per heavy atom. The van der Waals surface area contributed by atoms with Crippen LogP contribution >= 0.6 is 15.9 Å². The van der Waals surface area contributed by atoms with Crippen molar-refractivity contribution in [1.29, 1.82) is 0 Å². The van der Waals surface area contributed by atoms with Gasteiger partial charge >= 0.3 is 12.0 Å². The first-order valence-electron chi connectivity index (χ1n) is 7.14. The number of carboxylic acids is 1. The van der Waals surface area contributed by atoms with Crippen LogP contribution in [0, 0.1) is 11.8 Å². The normalized spacial score (nSPS) is 17.6. The molecule has 112 valence electrons. The van der Waals surface area contributed by atoms with E-state index in [0.717, 1.165) is 0 Å². The van der Waals surface area contributed by atoms with Crippen molar-refractivity contribution in [3.8, 4) is 0 Å². The fourth-order valence-corrected chi connectivity index (χ4v) is 3.13. The van der Waals surface area contributed by atoms with E-state index >= 15 is 0 Å². The highest BCUT2D eigenvalue weighted by Gasteiger charge is 2.42. The average molecular weight is 353 g/mol. The predicted octanol–water partition coefficient (Wildman–Crippen LogP) is 3.46. The van der Waals surface area contributed by atoms with Crippen LogP contribution in [0.3, 0.4) is 0 Å². The van der Waals surface area contributed by atoms with Crippen molar-refractivity contribution < 1.29 is 14.7 Å². The minimum Gasteiger partial charge on any atom is -0.478 e. The number of anilines is 1. The van der Waals surface area contributed by atoms with Gasteiger partial charge in [-0.1, -0.05) is 15.9 Å². The van der Waals surface area contributed by atoms with Crippen molar-refractivity contribution >= 4 is 33.6 Å². The maximum atomic E-state index is 12.1. The number of halogens is 1. The molecule has 1 aromatic carbocycles. The van der Waals surface area contributed by atoms with E-state index in [-0.39, 0.29) is 17.6 Å². The Bertz CT molecular complexity index is 570. The average Bonchev–Trinajstić information content (AvgIpc) is 3.26. The highest BCUT2D eigenvalue weighted by molar-refractivity contribution is 9.10. The van der Waals surface area contributed by atoms with Crippen LogP contribution in [0.2, 0.25) is 0 Å². The summed E-state index contributed by atoms with van der Waals surface area (Å²) in [7, 11) is 0. The summed E-state index contributed by atoms with van der Waals surface area (Å²) in [6.45, 7) is 0. The summed E-state index contributed by atoms with van der Waals surface area (Å²) in [5.41, 5.74) is 0.616. The number of hydrogen-bond donors (Lipinski definition) is 3. The zero-order chi connectivity index (χ0) is 15.0. The molecule has 2 amide bonds. The minimum absolute atomic E-state index is 0.139. The van der Waals surface area contributed by atoms with Crippen LogP contribution in [0.5, 0.6) is 0 Å². The van der Waals surface area contributed by atoms with Crippen LogP contribution < -0.4 is 10.6 Å². The monoisotopic (exact) mass is 352 g/mol. The quantitative estimate of drug-likeness (QED) is 0.759. The van der Waals surface area contributed by atoms with Crippen LogP contribution in [-0.2, 0) is 0 Å². The SMILES string of the molecule is O=C(Nc1cc(Br)cc(C(=O)O)c1)NC(C1CC1)C1CC1. The summed E-state index contributed by atoms with van der Waals surface area (Å²) < 4.78 is 0.624. The van der Waals surface area contributed by atoms with Gasteiger partial charge in [-0.3, -0.25) is 0 Å².